The van der Waals surface area contributed by atoms with Gasteiger partial charge in [0.15, 0.2) is 0 Å². The van der Waals surface area contributed by atoms with Crippen molar-refractivity contribution in [1.82, 2.24) is 14.7 Å². The molecule has 3 N–H and O–H groups in total. The van der Waals surface area contributed by atoms with Crippen LogP contribution in [0.5, 0.6) is 0 Å². The molecular formula is C12H22N4O2. The van der Waals surface area contributed by atoms with Gasteiger partial charge in [-0.3, -0.25) is 9.48 Å². The van der Waals surface area contributed by atoms with Crippen molar-refractivity contribution >= 4 is 11.6 Å². The molecule has 1 aromatic heterocycles. The number of hydrogen-bond acceptors (Lipinski definition) is 4. The Bertz CT molecular complexity index is 451. The highest BCUT2D eigenvalue weighted by Crippen LogP contribution is 2.21. The van der Waals surface area contributed by atoms with Gasteiger partial charge in [0.1, 0.15) is 5.69 Å². The Balaban J connectivity index is 3.16. The molecule has 1 rings (SSSR count). The summed E-state index contributed by atoms with van der Waals surface area (Å²) in [6.07, 6.45) is 0.681. The molecular weight excluding hydrogens is 232 g/mol. The van der Waals surface area contributed by atoms with Crippen LogP contribution in [0.3, 0.4) is 0 Å². The van der Waals surface area contributed by atoms with Gasteiger partial charge in [0, 0.05) is 14.1 Å². The fourth-order valence-corrected chi connectivity index (χ4v) is 1.65. The Morgan fingerprint density at radius 3 is 2.50 bits per heavy atom. The van der Waals surface area contributed by atoms with Crippen LogP contribution in [-0.4, -0.2) is 44.9 Å². The minimum absolute atomic E-state index is 0.117. The zero-order chi connectivity index (χ0) is 14.1. The number of aryl methyl sites for hydroxylation is 2. The number of carbonyl (C=O) groups excluding carboxylic acids is 1. The van der Waals surface area contributed by atoms with Gasteiger partial charge in [0.2, 0.25) is 0 Å². The van der Waals surface area contributed by atoms with Gasteiger partial charge in [-0.15, -0.1) is 0 Å². The standard InChI is InChI=1S/C12H22N4O2/c1-6-8-9(13)10(16(5)14-8)11(18)15(4)12(2,3)7-17/h17H,6-7,13H2,1-5H3. The summed E-state index contributed by atoms with van der Waals surface area (Å²) in [5.74, 6) is -0.235. The third-order valence-corrected chi connectivity index (χ3v) is 3.30. The van der Waals surface area contributed by atoms with Crippen LogP contribution in [0.4, 0.5) is 5.69 Å². The number of nitrogens with two attached hydrogens (primary N) is 1. The number of rotatable bonds is 4. The minimum Gasteiger partial charge on any atom is -0.395 e. The third kappa shape index (κ3) is 2.33. The van der Waals surface area contributed by atoms with E-state index in [1.165, 1.54) is 9.58 Å². The smallest absolute Gasteiger partial charge is 0.274 e. The van der Waals surface area contributed by atoms with E-state index in [2.05, 4.69) is 5.10 Å². The van der Waals surface area contributed by atoms with E-state index in [-0.39, 0.29) is 12.5 Å². The van der Waals surface area contributed by atoms with Gasteiger partial charge in [0.25, 0.3) is 5.91 Å². The van der Waals surface area contributed by atoms with Crippen molar-refractivity contribution in [2.24, 2.45) is 7.05 Å². The van der Waals surface area contributed by atoms with Gasteiger partial charge < -0.3 is 15.7 Å². The number of carbonyl (C=O) groups is 1. The van der Waals surface area contributed by atoms with E-state index in [1.54, 1.807) is 27.9 Å². The highest BCUT2D eigenvalue weighted by atomic mass is 16.3. The maximum atomic E-state index is 12.4. The van der Waals surface area contributed by atoms with E-state index in [4.69, 9.17) is 5.73 Å². The van der Waals surface area contributed by atoms with E-state index in [1.807, 2.05) is 6.92 Å². The first-order chi connectivity index (χ1) is 8.26. The zero-order valence-corrected chi connectivity index (χ0v) is 11.7. The van der Waals surface area contributed by atoms with Crippen molar-refractivity contribution in [2.45, 2.75) is 32.7 Å². The molecule has 1 heterocycles. The molecule has 6 heteroatoms. The van der Waals surface area contributed by atoms with Gasteiger partial charge in [-0.1, -0.05) is 6.92 Å². The molecule has 1 amide bonds. The number of likely N-dealkylation sites (N-methyl/N-ethyl adjacent to an activating group) is 1. The molecule has 0 aliphatic heterocycles. The van der Waals surface area contributed by atoms with Crippen molar-refractivity contribution in [3.8, 4) is 0 Å². The van der Waals surface area contributed by atoms with Crippen molar-refractivity contribution in [3.05, 3.63) is 11.4 Å². The molecule has 0 spiro atoms. The number of aliphatic hydroxyl groups is 1. The van der Waals surface area contributed by atoms with E-state index in [0.717, 1.165) is 5.69 Å². The van der Waals surface area contributed by atoms with Gasteiger partial charge in [-0.2, -0.15) is 5.10 Å². The number of aliphatic hydroxyl groups excluding tert-OH is 1. The molecule has 0 saturated heterocycles. The van der Waals surface area contributed by atoms with Gasteiger partial charge >= 0.3 is 0 Å². The number of aromatic nitrogens is 2. The molecule has 18 heavy (non-hydrogen) atoms. The van der Waals surface area contributed by atoms with E-state index in [9.17, 15) is 9.90 Å². The first kappa shape index (κ1) is 14.5. The van der Waals surface area contributed by atoms with Gasteiger partial charge in [-0.05, 0) is 20.3 Å². The molecule has 0 aromatic carbocycles. The van der Waals surface area contributed by atoms with Gasteiger partial charge in [0.05, 0.1) is 23.5 Å². The SMILES string of the molecule is CCc1nn(C)c(C(=O)N(C)C(C)(C)CO)c1N. The summed E-state index contributed by atoms with van der Waals surface area (Å²) in [5.41, 5.74) is 6.82. The predicted molar refractivity (Wildman–Crippen MR) is 70.3 cm³/mol. The predicted octanol–water partition coefficient (Wildman–Crippen LogP) is 0.408. The quantitative estimate of drug-likeness (QED) is 0.815. The van der Waals surface area contributed by atoms with Crippen molar-refractivity contribution in [2.75, 3.05) is 19.4 Å². The summed E-state index contributed by atoms with van der Waals surface area (Å²) in [7, 11) is 3.35. The van der Waals surface area contributed by atoms with Crippen LogP contribution in [0.15, 0.2) is 0 Å². The van der Waals surface area contributed by atoms with Crippen LogP contribution in [0.1, 0.15) is 37.0 Å². The molecule has 0 atom stereocenters. The molecule has 1 aromatic rings. The Kier molecular flexibility index (Phi) is 4.01. The van der Waals surface area contributed by atoms with Crippen molar-refractivity contribution in [1.29, 1.82) is 0 Å². The molecule has 0 aliphatic carbocycles. The van der Waals surface area contributed by atoms with Crippen LogP contribution in [0.2, 0.25) is 0 Å². The topological polar surface area (TPSA) is 84.4 Å². The first-order valence-electron chi connectivity index (χ1n) is 5.96. The summed E-state index contributed by atoms with van der Waals surface area (Å²) >= 11 is 0. The molecule has 0 saturated carbocycles. The van der Waals surface area contributed by atoms with E-state index in [0.29, 0.717) is 17.8 Å². The van der Waals surface area contributed by atoms with Crippen LogP contribution in [-0.2, 0) is 13.5 Å². The summed E-state index contributed by atoms with van der Waals surface area (Å²) < 4.78 is 1.50. The second kappa shape index (κ2) is 4.97. The van der Waals surface area contributed by atoms with Crippen molar-refractivity contribution < 1.29 is 9.90 Å². The Hall–Kier alpha value is -1.56. The lowest BCUT2D eigenvalue weighted by Gasteiger charge is -2.33. The first-order valence-corrected chi connectivity index (χ1v) is 5.96. The Labute approximate surface area is 107 Å². The highest BCUT2D eigenvalue weighted by Gasteiger charge is 2.31. The zero-order valence-electron chi connectivity index (χ0n) is 11.7. The number of nitrogen functional groups attached to an aromatic ring is 1. The van der Waals surface area contributed by atoms with Crippen molar-refractivity contribution in [3.63, 3.8) is 0 Å². The second-order valence-electron chi connectivity index (χ2n) is 5.02. The van der Waals surface area contributed by atoms with E-state index < -0.39 is 5.54 Å². The Morgan fingerprint density at radius 1 is 1.56 bits per heavy atom. The number of nitrogens with zero attached hydrogens (tertiary/aromatic N) is 3. The Morgan fingerprint density at radius 2 is 2.11 bits per heavy atom. The fraction of sp³-hybridized carbons (Fsp3) is 0.667. The maximum Gasteiger partial charge on any atom is 0.274 e. The monoisotopic (exact) mass is 254 g/mol. The lowest BCUT2D eigenvalue weighted by molar-refractivity contribution is 0.0464. The van der Waals surface area contributed by atoms with Crippen LogP contribution < -0.4 is 5.73 Å². The lowest BCUT2D eigenvalue weighted by atomic mass is 10.0. The average Bonchev–Trinajstić information content (AvgIpc) is 2.62. The molecule has 0 radical (unpaired) electrons. The summed E-state index contributed by atoms with van der Waals surface area (Å²) in [6.45, 7) is 5.40. The van der Waals surface area contributed by atoms with Crippen LogP contribution >= 0.6 is 0 Å². The molecule has 0 aliphatic rings. The van der Waals surface area contributed by atoms with Gasteiger partial charge in [-0.25, -0.2) is 0 Å². The fourth-order valence-electron chi connectivity index (χ4n) is 1.65. The lowest BCUT2D eigenvalue weighted by Crippen LogP contribution is -2.48. The molecule has 6 nitrogen and oxygen atoms in total. The number of amides is 1. The third-order valence-electron chi connectivity index (χ3n) is 3.30. The summed E-state index contributed by atoms with van der Waals surface area (Å²) in [4.78, 5) is 13.9. The molecule has 0 fully saturated rings. The highest BCUT2D eigenvalue weighted by molar-refractivity contribution is 5.98. The normalized spacial score (nSPS) is 11.7. The summed E-state index contributed by atoms with van der Waals surface area (Å²) in [6, 6.07) is 0. The summed E-state index contributed by atoms with van der Waals surface area (Å²) in [5, 5.41) is 13.5. The largest absolute Gasteiger partial charge is 0.395 e. The number of anilines is 1. The molecule has 0 unspecified atom stereocenters. The number of hydrogen-bond donors (Lipinski definition) is 2. The van der Waals surface area contributed by atoms with E-state index >= 15 is 0 Å². The molecule has 102 valence electrons. The van der Waals surface area contributed by atoms with Crippen LogP contribution in [0, 0.1) is 0 Å². The van der Waals surface area contributed by atoms with Crippen LogP contribution in [0.25, 0.3) is 0 Å². The average molecular weight is 254 g/mol. The maximum absolute atomic E-state index is 12.4. The minimum atomic E-state index is -0.639. The molecule has 0 bridgehead atoms. The second-order valence-corrected chi connectivity index (χ2v) is 5.02.